The van der Waals surface area contributed by atoms with Crippen molar-refractivity contribution in [3.05, 3.63) is 42.0 Å². The van der Waals surface area contributed by atoms with Gasteiger partial charge in [0.15, 0.2) is 0 Å². The SMILES string of the molecule is CCCCN(CCCC)CCCNCc1c(OCCC)ccc2ccccc12. The third-order valence-electron chi connectivity index (χ3n) is 5.24. The lowest BCUT2D eigenvalue weighted by Crippen LogP contribution is -2.29. The van der Waals surface area contributed by atoms with Crippen LogP contribution in [0.1, 0.15) is 64.9 Å². The van der Waals surface area contributed by atoms with Gasteiger partial charge in [-0.1, -0.05) is 63.9 Å². The number of hydrogen-bond acceptors (Lipinski definition) is 3. The lowest BCUT2D eigenvalue weighted by molar-refractivity contribution is 0.261. The quantitative estimate of drug-likeness (QED) is 0.381. The maximum atomic E-state index is 6.03. The Morgan fingerprint density at radius 3 is 2.25 bits per heavy atom. The first-order chi connectivity index (χ1) is 13.8. The molecule has 0 radical (unpaired) electrons. The number of hydrogen-bond donors (Lipinski definition) is 1. The van der Waals surface area contributed by atoms with Gasteiger partial charge < -0.3 is 15.0 Å². The Hall–Kier alpha value is -1.58. The largest absolute Gasteiger partial charge is 0.493 e. The number of ether oxygens (including phenoxy) is 1. The van der Waals surface area contributed by atoms with Crippen molar-refractivity contribution < 1.29 is 4.74 Å². The van der Waals surface area contributed by atoms with Crippen LogP contribution in [-0.2, 0) is 6.54 Å². The second-order valence-corrected chi connectivity index (χ2v) is 7.69. The van der Waals surface area contributed by atoms with Gasteiger partial charge in [0.25, 0.3) is 0 Å². The molecule has 0 saturated carbocycles. The molecular formula is C25H40N2O. The molecule has 0 aliphatic rings. The second kappa shape index (κ2) is 13.6. The summed E-state index contributed by atoms with van der Waals surface area (Å²) in [6.07, 6.45) is 7.41. The van der Waals surface area contributed by atoms with Gasteiger partial charge in [-0.3, -0.25) is 0 Å². The first kappa shape index (κ1) is 22.7. The molecule has 2 rings (SSSR count). The van der Waals surface area contributed by atoms with Gasteiger partial charge in [-0.2, -0.15) is 0 Å². The van der Waals surface area contributed by atoms with E-state index >= 15 is 0 Å². The van der Waals surface area contributed by atoms with Crippen molar-refractivity contribution in [1.82, 2.24) is 10.2 Å². The Balaban J connectivity index is 1.89. The lowest BCUT2D eigenvalue weighted by atomic mass is 10.0. The molecule has 0 aromatic heterocycles. The number of nitrogens with one attached hydrogen (secondary N) is 1. The van der Waals surface area contributed by atoms with Gasteiger partial charge in [-0.25, -0.2) is 0 Å². The second-order valence-electron chi connectivity index (χ2n) is 7.69. The molecule has 0 amide bonds. The number of benzene rings is 2. The van der Waals surface area contributed by atoms with E-state index in [0.717, 1.165) is 31.9 Å². The fourth-order valence-corrected chi connectivity index (χ4v) is 3.59. The standard InChI is InChI=1S/C25H40N2O/c1-4-7-17-27(18-8-5-2)19-11-16-26-21-24-23-13-10-9-12-22(23)14-15-25(24)28-20-6-3/h9-10,12-15,26H,4-8,11,16-21H2,1-3H3. The molecular weight excluding hydrogens is 344 g/mol. The first-order valence-electron chi connectivity index (χ1n) is 11.4. The van der Waals surface area contributed by atoms with Crippen molar-refractivity contribution in [1.29, 1.82) is 0 Å². The van der Waals surface area contributed by atoms with E-state index in [1.807, 2.05) is 0 Å². The molecule has 1 N–H and O–H groups in total. The summed E-state index contributed by atoms with van der Waals surface area (Å²) in [5, 5.41) is 6.26. The predicted molar refractivity (Wildman–Crippen MR) is 122 cm³/mol. The molecule has 2 aromatic rings. The molecule has 0 heterocycles. The van der Waals surface area contributed by atoms with E-state index in [2.05, 4.69) is 67.4 Å². The molecule has 0 unspecified atom stereocenters. The highest BCUT2D eigenvalue weighted by Crippen LogP contribution is 2.28. The summed E-state index contributed by atoms with van der Waals surface area (Å²) in [4.78, 5) is 2.64. The van der Waals surface area contributed by atoms with E-state index in [9.17, 15) is 0 Å². The predicted octanol–water partition coefficient (Wildman–Crippen LogP) is 6.01. The minimum absolute atomic E-state index is 0.773. The third kappa shape index (κ3) is 7.44. The normalized spacial score (nSPS) is 11.4. The molecule has 0 aliphatic carbocycles. The van der Waals surface area contributed by atoms with Crippen molar-refractivity contribution in [2.45, 2.75) is 65.8 Å². The zero-order valence-electron chi connectivity index (χ0n) is 18.3. The van der Waals surface area contributed by atoms with E-state index in [1.165, 1.54) is 68.1 Å². The highest BCUT2D eigenvalue weighted by molar-refractivity contribution is 5.87. The van der Waals surface area contributed by atoms with Crippen molar-refractivity contribution >= 4 is 10.8 Å². The zero-order valence-corrected chi connectivity index (χ0v) is 18.3. The lowest BCUT2D eigenvalue weighted by Gasteiger charge is -2.22. The van der Waals surface area contributed by atoms with Gasteiger partial charge in [0, 0.05) is 12.1 Å². The molecule has 0 fully saturated rings. The van der Waals surface area contributed by atoms with Gasteiger partial charge in [0.2, 0.25) is 0 Å². The Bertz CT molecular complexity index is 663. The highest BCUT2D eigenvalue weighted by Gasteiger charge is 2.09. The third-order valence-corrected chi connectivity index (χ3v) is 5.24. The number of fused-ring (bicyclic) bond motifs is 1. The van der Waals surface area contributed by atoms with E-state index in [0.29, 0.717) is 0 Å². The fraction of sp³-hybridized carbons (Fsp3) is 0.600. The monoisotopic (exact) mass is 384 g/mol. The summed E-state index contributed by atoms with van der Waals surface area (Å²) >= 11 is 0. The van der Waals surface area contributed by atoms with Crippen LogP contribution >= 0.6 is 0 Å². The first-order valence-corrected chi connectivity index (χ1v) is 11.4. The van der Waals surface area contributed by atoms with Crippen LogP contribution in [-0.4, -0.2) is 37.7 Å². The number of nitrogens with zero attached hydrogens (tertiary/aromatic N) is 1. The van der Waals surface area contributed by atoms with Gasteiger partial charge in [-0.05, 0) is 68.7 Å². The van der Waals surface area contributed by atoms with Crippen LogP contribution in [0.2, 0.25) is 0 Å². The average molecular weight is 385 g/mol. The summed E-state index contributed by atoms with van der Waals surface area (Å²) in [6.45, 7) is 13.1. The van der Waals surface area contributed by atoms with Gasteiger partial charge in [0.1, 0.15) is 5.75 Å². The average Bonchev–Trinajstić information content (AvgIpc) is 2.73. The Labute approximate surface area is 172 Å². The molecule has 0 bridgehead atoms. The molecule has 2 aromatic carbocycles. The van der Waals surface area contributed by atoms with E-state index in [-0.39, 0.29) is 0 Å². The smallest absolute Gasteiger partial charge is 0.124 e. The summed E-state index contributed by atoms with van der Waals surface area (Å²) in [7, 11) is 0. The fourth-order valence-electron chi connectivity index (χ4n) is 3.59. The molecule has 156 valence electrons. The topological polar surface area (TPSA) is 24.5 Å². The molecule has 3 heteroatoms. The number of rotatable bonds is 15. The number of unbranched alkanes of at least 4 members (excludes halogenated alkanes) is 2. The molecule has 0 spiro atoms. The summed E-state index contributed by atoms with van der Waals surface area (Å²) < 4.78 is 6.03. The zero-order chi connectivity index (χ0) is 20.0. The van der Waals surface area contributed by atoms with Gasteiger partial charge >= 0.3 is 0 Å². The Morgan fingerprint density at radius 2 is 1.54 bits per heavy atom. The van der Waals surface area contributed by atoms with Crippen LogP contribution in [0.4, 0.5) is 0 Å². The van der Waals surface area contributed by atoms with Crippen LogP contribution in [0.25, 0.3) is 10.8 Å². The maximum absolute atomic E-state index is 6.03. The summed E-state index contributed by atoms with van der Waals surface area (Å²) in [5.74, 6) is 1.03. The van der Waals surface area contributed by atoms with E-state index in [4.69, 9.17) is 4.74 Å². The van der Waals surface area contributed by atoms with Crippen LogP contribution < -0.4 is 10.1 Å². The van der Waals surface area contributed by atoms with Crippen molar-refractivity contribution in [3.63, 3.8) is 0 Å². The van der Waals surface area contributed by atoms with Crippen LogP contribution in [0.5, 0.6) is 5.75 Å². The molecule has 3 nitrogen and oxygen atoms in total. The molecule has 0 saturated heterocycles. The van der Waals surface area contributed by atoms with E-state index in [1.54, 1.807) is 0 Å². The van der Waals surface area contributed by atoms with Gasteiger partial charge in [0.05, 0.1) is 6.61 Å². The van der Waals surface area contributed by atoms with E-state index < -0.39 is 0 Å². The van der Waals surface area contributed by atoms with Crippen LogP contribution in [0.15, 0.2) is 36.4 Å². The molecule has 0 atom stereocenters. The molecule has 28 heavy (non-hydrogen) atoms. The van der Waals surface area contributed by atoms with Gasteiger partial charge in [-0.15, -0.1) is 0 Å². The summed E-state index contributed by atoms with van der Waals surface area (Å²) in [5.41, 5.74) is 1.29. The Morgan fingerprint density at radius 1 is 0.821 bits per heavy atom. The van der Waals surface area contributed by atoms with Crippen molar-refractivity contribution in [2.24, 2.45) is 0 Å². The minimum Gasteiger partial charge on any atom is -0.493 e. The van der Waals surface area contributed by atoms with Crippen molar-refractivity contribution in [3.8, 4) is 5.75 Å². The Kier molecular flexibility index (Phi) is 11.0. The highest BCUT2D eigenvalue weighted by atomic mass is 16.5. The van der Waals surface area contributed by atoms with Crippen LogP contribution in [0.3, 0.4) is 0 Å². The van der Waals surface area contributed by atoms with Crippen molar-refractivity contribution in [2.75, 3.05) is 32.8 Å². The summed E-state index contributed by atoms with van der Waals surface area (Å²) in [6, 6.07) is 12.9. The molecule has 0 aliphatic heterocycles. The van der Waals surface area contributed by atoms with Crippen LogP contribution in [0, 0.1) is 0 Å². The maximum Gasteiger partial charge on any atom is 0.124 e. The minimum atomic E-state index is 0.773.